The highest BCUT2D eigenvalue weighted by Crippen LogP contribution is 2.18. The number of anilines is 1. The number of imidazole rings is 1. The van der Waals surface area contributed by atoms with Gasteiger partial charge in [-0.05, 0) is 37.1 Å². The number of nitrogens with zero attached hydrogens (tertiary/aromatic N) is 4. The van der Waals surface area contributed by atoms with Crippen molar-refractivity contribution in [2.75, 3.05) is 11.4 Å². The molecule has 0 radical (unpaired) electrons. The first kappa shape index (κ1) is 20.4. The molecule has 150 valence electrons. The van der Waals surface area contributed by atoms with Crippen molar-refractivity contribution in [3.63, 3.8) is 0 Å². The molecule has 0 spiro atoms. The topological polar surface area (TPSA) is 91.8 Å². The molecule has 0 aromatic carbocycles. The Bertz CT molecular complexity index is 954. The minimum Gasteiger partial charge on any atom is -0.345 e. The van der Waals surface area contributed by atoms with Crippen LogP contribution in [0.4, 0.5) is 5.69 Å². The number of aromatic amines is 1. The van der Waals surface area contributed by atoms with E-state index in [0.717, 1.165) is 24.4 Å². The van der Waals surface area contributed by atoms with Gasteiger partial charge in [-0.1, -0.05) is 13.8 Å². The third kappa shape index (κ3) is 4.93. The third-order valence-corrected chi connectivity index (χ3v) is 4.62. The molecule has 7 heteroatoms. The van der Waals surface area contributed by atoms with E-state index in [1.165, 1.54) is 0 Å². The molecule has 29 heavy (non-hydrogen) atoms. The SMILES string of the molecule is CCCc1nc(C(=O)CCN(C(=O)c2ccncc2)c2cccnc2)c(CC)[nH]1. The minimum atomic E-state index is -0.197. The first-order valence-corrected chi connectivity index (χ1v) is 9.86. The van der Waals surface area contributed by atoms with Crippen LogP contribution in [0.2, 0.25) is 0 Å². The molecule has 0 aliphatic carbocycles. The fourth-order valence-electron chi connectivity index (χ4n) is 3.15. The quantitative estimate of drug-likeness (QED) is 0.562. The predicted octanol–water partition coefficient (Wildman–Crippen LogP) is 3.63. The van der Waals surface area contributed by atoms with E-state index in [1.54, 1.807) is 47.9 Å². The summed E-state index contributed by atoms with van der Waals surface area (Å²) >= 11 is 0. The van der Waals surface area contributed by atoms with Crippen LogP contribution in [0, 0.1) is 0 Å². The van der Waals surface area contributed by atoms with Crippen LogP contribution in [0.3, 0.4) is 0 Å². The van der Waals surface area contributed by atoms with E-state index in [-0.39, 0.29) is 24.7 Å². The van der Waals surface area contributed by atoms with E-state index < -0.39 is 0 Å². The average Bonchev–Trinajstić information content (AvgIpc) is 3.18. The zero-order valence-electron chi connectivity index (χ0n) is 16.8. The summed E-state index contributed by atoms with van der Waals surface area (Å²) in [4.78, 5) is 43.3. The molecule has 7 nitrogen and oxygen atoms in total. The van der Waals surface area contributed by atoms with Gasteiger partial charge in [-0.2, -0.15) is 0 Å². The molecule has 1 N–H and O–H groups in total. The largest absolute Gasteiger partial charge is 0.345 e. The zero-order valence-corrected chi connectivity index (χ0v) is 16.8. The van der Waals surface area contributed by atoms with Crippen molar-refractivity contribution in [2.45, 2.75) is 39.5 Å². The summed E-state index contributed by atoms with van der Waals surface area (Å²) in [6, 6.07) is 6.90. The number of ketones is 1. The highest BCUT2D eigenvalue weighted by Gasteiger charge is 2.22. The van der Waals surface area contributed by atoms with Gasteiger partial charge in [-0.3, -0.25) is 19.6 Å². The number of H-pyrrole nitrogens is 1. The number of aromatic nitrogens is 4. The molecule has 3 aromatic heterocycles. The summed E-state index contributed by atoms with van der Waals surface area (Å²) in [6.45, 7) is 4.31. The summed E-state index contributed by atoms with van der Waals surface area (Å²) in [6.07, 6.45) is 9.07. The zero-order chi connectivity index (χ0) is 20.6. The van der Waals surface area contributed by atoms with Gasteiger partial charge in [0.05, 0.1) is 11.9 Å². The van der Waals surface area contributed by atoms with Gasteiger partial charge in [-0.25, -0.2) is 4.98 Å². The van der Waals surface area contributed by atoms with Crippen LogP contribution in [0.5, 0.6) is 0 Å². The standard InChI is InChI=1S/C22H25N5O2/c1-3-6-20-25-18(4-2)21(26-20)19(28)10-14-27(17-7-5-11-24-15-17)22(29)16-8-12-23-13-9-16/h5,7-9,11-13,15H,3-4,6,10,14H2,1-2H3,(H,25,26). The van der Waals surface area contributed by atoms with Crippen LogP contribution >= 0.6 is 0 Å². The summed E-state index contributed by atoms with van der Waals surface area (Å²) < 4.78 is 0. The lowest BCUT2D eigenvalue weighted by molar-refractivity contribution is 0.0964. The molecule has 0 aliphatic rings. The van der Waals surface area contributed by atoms with E-state index in [2.05, 4.69) is 26.9 Å². The predicted molar refractivity (Wildman–Crippen MR) is 111 cm³/mol. The maximum atomic E-state index is 13.0. The fraction of sp³-hybridized carbons (Fsp3) is 0.318. The summed E-state index contributed by atoms with van der Waals surface area (Å²) in [5, 5.41) is 0. The van der Waals surface area contributed by atoms with Gasteiger partial charge in [0.15, 0.2) is 5.78 Å². The molecule has 0 saturated carbocycles. The smallest absolute Gasteiger partial charge is 0.258 e. The third-order valence-electron chi connectivity index (χ3n) is 4.62. The van der Waals surface area contributed by atoms with E-state index in [4.69, 9.17) is 0 Å². The Kier molecular flexibility index (Phi) is 6.84. The lowest BCUT2D eigenvalue weighted by Gasteiger charge is -2.22. The molecule has 0 unspecified atom stereocenters. The second kappa shape index (κ2) is 9.73. The van der Waals surface area contributed by atoms with E-state index >= 15 is 0 Å². The number of hydrogen-bond donors (Lipinski definition) is 1. The van der Waals surface area contributed by atoms with Crippen LogP contribution in [0.25, 0.3) is 0 Å². The maximum absolute atomic E-state index is 13.0. The second-order valence-electron chi connectivity index (χ2n) is 6.69. The maximum Gasteiger partial charge on any atom is 0.258 e. The molecular formula is C22H25N5O2. The number of pyridine rings is 2. The summed E-state index contributed by atoms with van der Waals surface area (Å²) in [5.41, 5.74) is 2.49. The Balaban J connectivity index is 1.80. The Morgan fingerprint density at radius 3 is 2.52 bits per heavy atom. The molecule has 1 amide bonds. The average molecular weight is 391 g/mol. The van der Waals surface area contributed by atoms with Crippen molar-refractivity contribution in [3.8, 4) is 0 Å². The highest BCUT2D eigenvalue weighted by atomic mass is 16.2. The van der Waals surface area contributed by atoms with Gasteiger partial charge in [-0.15, -0.1) is 0 Å². The first-order valence-electron chi connectivity index (χ1n) is 9.86. The number of amides is 1. The van der Waals surface area contributed by atoms with Gasteiger partial charge in [0.2, 0.25) is 0 Å². The van der Waals surface area contributed by atoms with Crippen LogP contribution in [-0.2, 0) is 12.8 Å². The number of nitrogens with one attached hydrogen (secondary N) is 1. The van der Waals surface area contributed by atoms with E-state index in [1.807, 2.05) is 13.0 Å². The van der Waals surface area contributed by atoms with Crippen LogP contribution < -0.4 is 4.90 Å². The summed E-state index contributed by atoms with van der Waals surface area (Å²) in [7, 11) is 0. The fourth-order valence-corrected chi connectivity index (χ4v) is 3.15. The van der Waals surface area contributed by atoms with Crippen molar-refractivity contribution < 1.29 is 9.59 Å². The van der Waals surface area contributed by atoms with Crippen molar-refractivity contribution >= 4 is 17.4 Å². The molecule has 3 heterocycles. The minimum absolute atomic E-state index is 0.0723. The summed E-state index contributed by atoms with van der Waals surface area (Å²) in [5.74, 6) is 0.569. The monoisotopic (exact) mass is 391 g/mol. The lowest BCUT2D eigenvalue weighted by Crippen LogP contribution is -2.33. The number of rotatable bonds is 9. The Morgan fingerprint density at radius 1 is 1.07 bits per heavy atom. The molecule has 3 aromatic rings. The Hall–Kier alpha value is -3.35. The lowest BCUT2D eigenvalue weighted by atomic mass is 10.1. The van der Waals surface area contributed by atoms with Gasteiger partial charge in [0.1, 0.15) is 11.5 Å². The Morgan fingerprint density at radius 2 is 1.86 bits per heavy atom. The van der Waals surface area contributed by atoms with Gasteiger partial charge >= 0.3 is 0 Å². The highest BCUT2D eigenvalue weighted by molar-refractivity contribution is 6.06. The van der Waals surface area contributed by atoms with Crippen molar-refractivity contribution in [1.82, 2.24) is 19.9 Å². The van der Waals surface area contributed by atoms with Crippen LogP contribution in [0.15, 0.2) is 49.1 Å². The molecule has 0 bridgehead atoms. The molecule has 0 aliphatic heterocycles. The van der Waals surface area contributed by atoms with Crippen molar-refractivity contribution in [1.29, 1.82) is 0 Å². The normalized spacial score (nSPS) is 10.7. The van der Waals surface area contributed by atoms with Gasteiger partial charge in [0.25, 0.3) is 5.91 Å². The van der Waals surface area contributed by atoms with Crippen LogP contribution in [0.1, 0.15) is 59.1 Å². The number of carbonyl (C=O) groups is 2. The molecule has 3 rings (SSSR count). The number of aryl methyl sites for hydroxylation is 2. The van der Waals surface area contributed by atoms with Crippen molar-refractivity contribution in [2.24, 2.45) is 0 Å². The molecule has 0 atom stereocenters. The van der Waals surface area contributed by atoms with E-state index in [0.29, 0.717) is 23.4 Å². The van der Waals surface area contributed by atoms with Crippen LogP contribution in [-0.4, -0.2) is 38.2 Å². The van der Waals surface area contributed by atoms with Crippen molar-refractivity contribution in [3.05, 3.63) is 71.8 Å². The molecular weight excluding hydrogens is 366 g/mol. The van der Waals surface area contributed by atoms with E-state index in [9.17, 15) is 9.59 Å². The first-order chi connectivity index (χ1) is 14.1. The second-order valence-corrected chi connectivity index (χ2v) is 6.69. The number of hydrogen-bond acceptors (Lipinski definition) is 5. The van der Waals surface area contributed by atoms with Gasteiger partial charge in [0, 0.05) is 49.2 Å². The Labute approximate surface area is 170 Å². The molecule has 0 fully saturated rings. The van der Waals surface area contributed by atoms with Gasteiger partial charge < -0.3 is 9.88 Å². The molecule has 0 saturated heterocycles. The number of Topliss-reactive ketones (excluding diaryl/α,β-unsaturated/α-hetero) is 1. The number of carbonyl (C=O) groups excluding carboxylic acids is 2.